The predicted octanol–water partition coefficient (Wildman–Crippen LogP) is 4.34. The van der Waals surface area contributed by atoms with E-state index in [4.69, 9.17) is 4.74 Å². The topological polar surface area (TPSA) is 32.7 Å². The summed E-state index contributed by atoms with van der Waals surface area (Å²) in [7, 11) is 0. The average Bonchev–Trinajstić information content (AvgIpc) is 3.05. The Bertz CT molecular complexity index is 583. The highest BCUT2D eigenvalue weighted by atomic mass is 32.1. The van der Waals surface area contributed by atoms with Crippen LogP contribution in [0.15, 0.2) is 41.1 Å². The molecule has 2 aromatic rings. The fourth-order valence-corrected chi connectivity index (χ4v) is 3.23. The molecule has 0 saturated carbocycles. The first-order chi connectivity index (χ1) is 11.5. The van der Waals surface area contributed by atoms with E-state index in [2.05, 4.69) is 35.6 Å². The van der Waals surface area contributed by atoms with Crippen molar-refractivity contribution in [2.75, 3.05) is 19.7 Å². The molecule has 4 heteroatoms. The standard InChI is InChI=1S/C20H29NO2S/c1-16(2)8-10-21(12-18-9-11-24-15-18)13-19(22)14-23-20-7-5-4-6-17(20)3/h4-7,9,11,15-16,19,22H,8,10,12-14H2,1-3H3/t19-/m0/s1. The summed E-state index contributed by atoms with van der Waals surface area (Å²) in [6, 6.07) is 10.1. The summed E-state index contributed by atoms with van der Waals surface area (Å²) < 4.78 is 5.79. The lowest BCUT2D eigenvalue weighted by atomic mass is 10.1. The highest BCUT2D eigenvalue weighted by Gasteiger charge is 2.14. The van der Waals surface area contributed by atoms with Crippen molar-refractivity contribution in [1.82, 2.24) is 4.90 Å². The monoisotopic (exact) mass is 347 g/mol. The molecule has 24 heavy (non-hydrogen) atoms. The van der Waals surface area contributed by atoms with E-state index < -0.39 is 6.10 Å². The van der Waals surface area contributed by atoms with Crippen LogP contribution in [0.5, 0.6) is 5.75 Å². The Morgan fingerprint density at radius 2 is 2.00 bits per heavy atom. The van der Waals surface area contributed by atoms with Crippen LogP contribution >= 0.6 is 11.3 Å². The molecule has 0 aliphatic carbocycles. The lowest BCUT2D eigenvalue weighted by Gasteiger charge is -2.25. The Kier molecular flexibility index (Phi) is 7.76. The summed E-state index contributed by atoms with van der Waals surface area (Å²) in [5, 5.41) is 14.7. The van der Waals surface area contributed by atoms with E-state index in [0.717, 1.165) is 30.8 Å². The number of aryl methyl sites for hydroxylation is 1. The van der Waals surface area contributed by atoms with Crippen LogP contribution < -0.4 is 4.74 Å². The van der Waals surface area contributed by atoms with Gasteiger partial charge in [0, 0.05) is 13.1 Å². The third kappa shape index (κ3) is 6.63. The highest BCUT2D eigenvalue weighted by Crippen LogP contribution is 2.17. The number of para-hydroxylation sites is 1. The van der Waals surface area contributed by atoms with Crippen LogP contribution in [0.4, 0.5) is 0 Å². The maximum atomic E-state index is 10.4. The number of nitrogens with zero attached hydrogens (tertiary/aromatic N) is 1. The van der Waals surface area contributed by atoms with Gasteiger partial charge >= 0.3 is 0 Å². The van der Waals surface area contributed by atoms with Crippen LogP contribution in [0.2, 0.25) is 0 Å². The van der Waals surface area contributed by atoms with E-state index in [1.807, 2.05) is 31.2 Å². The molecule has 1 atom stereocenters. The van der Waals surface area contributed by atoms with Crippen molar-refractivity contribution in [3.63, 3.8) is 0 Å². The molecule has 0 bridgehead atoms. The van der Waals surface area contributed by atoms with Crippen molar-refractivity contribution in [3.8, 4) is 5.75 Å². The first-order valence-corrected chi connectivity index (χ1v) is 9.58. The third-order valence-electron chi connectivity index (χ3n) is 4.00. The second kappa shape index (κ2) is 9.82. The summed E-state index contributed by atoms with van der Waals surface area (Å²) in [5.74, 6) is 1.51. The van der Waals surface area contributed by atoms with Gasteiger partial charge in [-0.2, -0.15) is 11.3 Å². The summed E-state index contributed by atoms with van der Waals surface area (Å²) in [4.78, 5) is 2.33. The summed E-state index contributed by atoms with van der Waals surface area (Å²) >= 11 is 1.72. The van der Waals surface area contributed by atoms with Crippen molar-refractivity contribution in [2.45, 2.75) is 39.8 Å². The molecule has 3 nitrogen and oxygen atoms in total. The number of aliphatic hydroxyl groups excluding tert-OH is 1. The van der Waals surface area contributed by atoms with Gasteiger partial charge < -0.3 is 9.84 Å². The van der Waals surface area contributed by atoms with Gasteiger partial charge in [0.2, 0.25) is 0 Å². The zero-order valence-electron chi connectivity index (χ0n) is 14.9. The zero-order chi connectivity index (χ0) is 17.4. The van der Waals surface area contributed by atoms with Crippen LogP contribution in [0.25, 0.3) is 0 Å². The predicted molar refractivity (Wildman–Crippen MR) is 102 cm³/mol. The quantitative estimate of drug-likeness (QED) is 0.694. The van der Waals surface area contributed by atoms with E-state index in [9.17, 15) is 5.11 Å². The van der Waals surface area contributed by atoms with Gasteiger partial charge in [-0.25, -0.2) is 0 Å². The molecular formula is C20H29NO2S. The van der Waals surface area contributed by atoms with Gasteiger partial charge in [-0.15, -0.1) is 0 Å². The van der Waals surface area contributed by atoms with Gasteiger partial charge in [-0.05, 0) is 59.8 Å². The number of aliphatic hydroxyl groups is 1. The second-order valence-corrected chi connectivity index (χ2v) is 7.56. The maximum Gasteiger partial charge on any atom is 0.122 e. The molecule has 1 N–H and O–H groups in total. The molecule has 1 aromatic carbocycles. The SMILES string of the molecule is Cc1ccccc1OC[C@@H](O)CN(CCC(C)C)Cc1ccsc1. The number of ether oxygens (including phenoxy) is 1. The van der Waals surface area contributed by atoms with E-state index in [1.165, 1.54) is 5.56 Å². The van der Waals surface area contributed by atoms with Crippen LogP contribution in [-0.2, 0) is 6.54 Å². The van der Waals surface area contributed by atoms with E-state index in [-0.39, 0.29) is 0 Å². The van der Waals surface area contributed by atoms with Crippen molar-refractivity contribution < 1.29 is 9.84 Å². The van der Waals surface area contributed by atoms with Gasteiger partial charge in [-0.1, -0.05) is 32.0 Å². The summed E-state index contributed by atoms with van der Waals surface area (Å²) in [6.45, 7) is 9.34. The van der Waals surface area contributed by atoms with Crippen molar-refractivity contribution in [3.05, 3.63) is 52.2 Å². The molecule has 0 fully saturated rings. The van der Waals surface area contributed by atoms with Crippen molar-refractivity contribution in [1.29, 1.82) is 0 Å². The number of hydrogen-bond donors (Lipinski definition) is 1. The maximum absolute atomic E-state index is 10.4. The van der Waals surface area contributed by atoms with Gasteiger partial charge in [-0.3, -0.25) is 4.90 Å². The van der Waals surface area contributed by atoms with Crippen molar-refractivity contribution in [2.24, 2.45) is 5.92 Å². The van der Waals surface area contributed by atoms with Gasteiger partial charge in [0.15, 0.2) is 0 Å². The molecule has 0 radical (unpaired) electrons. The Morgan fingerprint density at radius 1 is 1.21 bits per heavy atom. The number of thiophene rings is 1. The molecule has 0 amide bonds. The van der Waals surface area contributed by atoms with Crippen LogP contribution in [0.3, 0.4) is 0 Å². The third-order valence-corrected chi connectivity index (χ3v) is 4.73. The van der Waals surface area contributed by atoms with Crippen LogP contribution in [0.1, 0.15) is 31.4 Å². The largest absolute Gasteiger partial charge is 0.491 e. The van der Waals surface area contributed by atoms with Crippen LogP contribution in [-0.4, -0.2) is 35.8 Å². The molecule has 0 saturated heterocycles. The first-order valence-electron chi connectivity index (χ1n) is 8.64. The van der Waals surface area contributed by atoms with E-state index in [0.29, 0.717) is 19.1 Å². The lowest BCUT2D eigenvalue weighted by molar-refractivity contribution is 0.0637. The Labute approximate surface area is 149 Å². The smallest absolute Gasteiger partial charge is 0.122 e. The molecule has 0 aliphatic heterocycles. The molecule has 132 valence electrons. The Balaban J connectivity index is 1.85. The highest BCUT2D eigenvalue weighted by molar-refractivity contribution is 7.07. The summed E-state index contributed by atoms with van der Waals surface area (Å²) in [6.07, 6.45) is 0.644. The van der Waals surface area contributed by atoms with E-state index >= 15 is 0 Å². The second-order valence-electron chi connectivity index (χ2n) is 6.78. The molecular weight excluding hydrogens is 318 g/mol. The molecule has 0 unspecified atom stereocenters. The summed E-state index contributed by atoms with van der Waals surface area (Å²) in [5.41, 5.74) is 2.41. The molecule has 0 spiro atoms. The van der Waals surface area contributed by atoms with Crippen LogP contribution in [0, 0.1) is 12.8 Å². The molecule has 1 heterocycles. The van der Waals surface area contributed by atoms with E-state index in [1.54, 1.807) is 11.3 Å². The lowest BCUT2D eigenvalue weighted by Crippen LogP contribution is -2.36. The fourth-order valence-electron chi connectivity index (χ4n) is 2.57. The normalized spacial score (nSPS) is 12.8. The minimum absolute atomic E-state index is 0.326. The average molecular weight is 348 g/mol. The number of hydrogen-bond acceptors (Lipinski definition) is 4. The van der Waals surface area contributed by atoms with Crippen molar-refractivity contribution >= 4 is 11.3 Å². The fraction of sp³-hybridized carbons (Fsp3) is 0.500. The Hall–Kier alpha value is -1.36. The van der Waals surface area contributed by atoms with Gasteiger partial charge in [0.05, 0.1) is 0 Å². The first kappa shape index (κ1) is 19.0. The molecule has 2 rings (SSSR count). The molecule has 0 aliphatic rings. The zero-order valence-corrected chi connectivity index (χ0v) is 15.8. The van der Waals surface area contributed by atoms with Gasteiger partial charge in [0.1, 0.15) is 18.5 Å². The molecule has 1 aromatic heterocycles. The van der Waals surface area contributed by atoms with Gasteiger partial charge in [0.25, 0.3) is 0 Å². The Morgan fingerprint density at radius 3 is 2.67 bits per heavy atom. The minimum atomic E-state index is -0.490. The minimum Gasteiger partial charge on any atom is -0.491 e. The number of benzene rings is 1. The number of rotatable bonds is 10.